The molecule has 184 valence electrons. The van der Waals surface area contributed by atoms with Crippen LogP contribution in [0.25, 0.3) is 22.6 Å². The number of thioether (sulfide) groups is 1. The summed E-state index contributed by atoms with van der Waals surface area (Å²) in [5.41, 5.74) is 4.54. The maximum Gasteiger partial charge on any atom is 0.295 e. The van der Waals surface area contributed by atoms with Gasteiger partial charge >= 0.3 is 0 Å². The molecule has 2 aliphatic carbocycles. The van der Waals surface area contributed by atoms with Gasteiger partial charge in [-0.15, -0.1) is 11.8 Å². The van der Waals surface area contributed by atoms with Crippen LogP contribution in [-0.2, 0) is 6.54 Å². The number of fused-ring (bicyclic) bond motifs is 1. The van der Waals surface area contributed by atoms with E-state index in [4.69, 9.17) is 4.98 Å². The summed E-state index contributed by atoms with van der Waals surface area (Å²) in [6.07, 6.45) is 11.6. The molecular weight excluding hydrogens is 472 g/mol. The third-order valence-corrected chi connectivity index (χ3v) is 7.78. The molecule has 10 heteroatoms. The molecule has 0 aliphatic heterocycles. The van der Waals surface area contributed by atoms with Gasteiger partial charge < -0.3 is 5.32 Å². The van der Waals surface area contributed by atoms with Crippen molar-refractivity contribution in [2.45, 2.75) is 62.9 Å². The third-order valence-electron chi connectivity index (χ3n) is 7.07. The van der Waals surface area contributed by atoms with Crippen LogP contribution in [0.1, 0.15) is 61.6 Å². The van der Waals surface area contributed by atoms with E-state index in [1.54, 1.807) is 28.9 Å². The van der Waals surface area contributed by atoms with Crippen LogP contribution >= 0.6 is 11.8 Å². The Morgan fingerprint density at radius 2 is 1.92 bits per heavy atom. The van der Waals surface area contributed by atoms with E-state index in [2.05, 4.69) is 37.2 Å². The molecule has 9 nitrogen and oxygen atoms in total. The van der Waals surface area contributed by atoms with Gasteiger partial charge in [0.25, 0.3) is 5.56 Å². The van der Waals surface area contributed by atoms with Gasteiger partial charge in [0, 0.05) is 23.1 Å². The zero-order chi connectivity index (χ0) is 24.8. The van der Waals surface area contributed by atoms with E-state index in [9.17, 15) is 4.79 Å². The fraction of sp³-hybridized carbons (Fsp3) is 0.423. The lowest BCUT2D eigenvalue weighted by Crippen LogP contribution is -2.29. The Labute approximate surface area is 213 Å². The van der Waals surface area contributed by atoms with Gasteiger partial charge in [0.1, 0.15) is 11.8 Å². The zero-order valence-electron chi connectivity index (χ0n) is 20.6. The lowest BCUT2D eigenvalue weighted by atomic mass is 10.1. The van der Waals surface area contributed by atoms with Crippen LogP contribution in [0.3, 0.4) is 0 Å². The first-order valence-corrected chi connectivity index (χ1v) is 13.6. The first-order valence-electron chi connectivity index (χ1n) is 12.4. The Morgan fingerprint density at radius 1 is 1.08 bits per heavy atom. The summed E-state index contributed by atoms with van der Waals surface area (Å²) in [7, 11) is 0. The van der Waals surface area contributed by atoms with Gasteiger partial charge in [0.2, 0.25) is 0 Å². The van der Waals surface area contributed by atoms with Crippen molar-refractivity contribution in [3.8, 4) is 11.4 Å². The maximum absolute atomic E-state index is 13.7. The molecule has 0 aromatic carbocycles. The first-order chi connectivity index (χ1) is 17.5. The molecule has 6 rings (SSSR count). The highest BCUT2D eigenvalue weighted by Gasteiger charge is 2.33. The second-order valence-corrected chi connectivity index (χ2v) is 10.5. The Hall–Kier alpha value is -3.40. The second kappa shape index (κ2) is 9.24. The Kier molecular flexibility index (Phi) is 5.91. The Balaban J connectivity index is 1.43. The van der Waals surface area contributed by atoms with E-state index in [0.717, 1.165) is 53.2 Å². The average Bonchev–Trinajstić information content (AvgIpc) is 3.80. The van der Waals surface area contributed by atoms with Crippen molar-refractivity contribution in [2.75, 3.05) is 11.6 Å². The van der Waals surface area contributed by atoms with E-state index in [1.165, 1.54) is 0 Å². The quantitative estimate of drug-likeness (QED) is 0.349. The average molecular weight is 501 g/mol. The number of pyridine rings is 1. The minimum atomic E-state index is -0.171. The molecule has 2 aliphatic rings. The summed E-state index contributed by atoms with van der Waals surface area (Å²) < 4.78 is 1.80. The maximum atomic E-state index is 13.7. The minimum absolute atomic E-state index is 0.0151. The molecule has 1 atom stereocenters. The van der Waals surface area contributed by atoms with Crippen molar-refractivity contribution in [1.29, 1.82) is 0 Å². The van der Waals surface area contributed by atoms with E-state index >= 15 is 0 Å². The van der Waals surface area contributed by atoms with Gasteiger partial charge in [-0.1, -0.05) is 0 Å². The molecule has 0 unspecified atom stereocenters. The van der Waals surface area contributed by atoms with Crippen molar-refractivity contribution in [3.05, 3.63) is 58.3 Å². The van der Waals surface area contributed by atoms with Gasteiger partial charge in [-0.3, -0.25) is 14.3 Å². The number of nitrogens with one attached hydrogen (secondary N) is 1. The lowest BCUT2D eigenvalue weighted by molar-refractivity contribution is 0.482. The number of aryl methyl sites for hydroxylation is 1. The zero-order valence-corrected chi connectivity index (χ0v) is 21.4. The topological polar surface area (TPSA) is 111 Å². The first kappa shape index (κ1) is 23.0. The number of nitrogens with zero attached hydrogens (tertiary/aromatic N) is 7. The summed E-state index contributed by atoms with van der Waals surface area (Å²) in [6, 6.07) is 4.00. The molecule has 0 spiro atoms. The van der Waals surface area contributed by atoms with Crippen LogP contribution in [0.15, 0.2) is 40.5 Å². The Bertz CT molecular complexity index is 1490. The van der Waals surface area contributed by atoms with Crippen LogP contribution in [0.2, 0.25) is 0 Å². The molecule has 4 aromatic rings. The van der Waals surface area contributed by atoms with Crippen molar-refractivity contribution in [2.24, 2.45) is 5.92 Å². The van der Waals surface area contributed by atoms with Gasteiger partial charge in [-0.25, -0.2) is 24.9 Å². The largest absolute Gasteiger partial charge is 0.360 e. The molecular formula is C26H28N8OS. The lowest BCUT2D eigenvalue weighted by Gasteiger charge is -2.19. The molecule has 4 aromatic heterocycles. The molecule has 2 saturated carbocycles. The molecule has 2 fully saturated rings. The van der Waals surface area contributed by atoms with Crippen molar-refractivity contribution < 1.29 is 0 Å². The number of hydrogen-bond acceptors (Lipinski definition) is 9. The third kappa shape index (κ3) is 4.34. The fourth-order valence-electron chi connectivity index (χ4n) is 4.65. The molecule has 0 bridgehead atoms. The van der Waals surface area contributed by atoms with Gasteiger partial charge in [0.05, 0.1) is 35.4 Å². The highest BCUT2D eigenvalue weighted by Crippen LogP contribution is 2.43. The smallest absolute Gasteiger partial charge is 0.295 e. The van der Waals surface area contributed by atoms with E-state index in [1.807, 2.05) is 31.5 Å². The summed E-state index contributed by atoms with van der Waals surface area (Å²) >= 11 is 1.65. The Morgan fingerprint density at radius 3 is 2.61 bits per heavy atom. The van der Waals surface area contributed by atoms with Crippen LogP contribution < -0.4 is 10.9 Å². The summed E-state index contributed by atoms with van der Waals surface area (Å²) in [5.74, 6) is 1.74. The molecule has 1 N–H and O–H groups in total. The number of aromatic nitrogens is 7. The van der Waals surface area contributed by atoms with Crippen molar-refractivity contribution in [3.63, 3.8) is 0 Å². The molecule has 0 saturated heterocycles. The predicted octanol–water partition coefficient (Wildman–Crippen LogP) is 4.53. The summed E-state index contributed by atoms with van der Waals surface area (Å²) in [4.78, 5) is 42.5. The van der Waals surface area contributed by atoms with Gasteiger partial charge in [-0.2, -0.15) is 0 Å². The van der Waals surface area contributed by atoms with Crippen molar-refractivity contribution in [1.82, 2.24) is 34.5 Å². The monoisotopic (exact) mass is 500 g/mol. The number of anilines is 1. The van der Waals surface area contributed by atoms with E-state index < -0.39 is 0 Å². The summed E-state index contributed by atoms with van der Waals surface area (Å²) in [5, 5.41) is 3.21. The second-order valence-electron chi connectivity index (χ2n) is 9.65. The number of rotatable bonds is 8. The highest BCUT2D eigenvalue weighted by atomic mass is 32.2. The number of hydrogen-bond donors (Lipinski definition) is 1. The van der Waals surface area contributed by atoms with Crippen LogP contribution in [0.4, 0.5) is 5.82 Å². The van der Waals surface area contributed by atoms with E-state index in [0.29, 0.717) is 41.2 Å². The highest BCUT2D eigenvalue weighted by molar-refractivity contribution is 7.98. The van der Waals surface area contributed by atoms with E-state index in [-0.39, 0.29) is 11.6 Å². The SMILES string of the molecule is CSc1ccc(CNc2nc3cnc(-c4c(C)ncnc4C4CC4)nc3n([C@@H](C)C3CC3)c2=O)nc1. The normalized spacial score (nSPS) is 16.3. The van der Waals surface area contributed by atoms with Crippen LogP contribution in [0.5, 0.6) is 0 Å². The molecule has 0 amide bonds. The summed E-state index contributed by atoms with van der Waals surface area (Å²) in [6.45, 7) is 4.46. The molecule has 4 heterocycles. The fourth-order valence-corrected chi connectivity index (χ4v) is 5.01. The molecule has 36 heavy (non-hydrogen) atoms. The van der Waals surface area contributed by atoms with Gasteiger partial charge in [-0.05, 0) is 63.8 Å². The standard InChI is InChI=1S/C26H28N8OS/c1-14-21(22(17-6-7-17)31-13-30-14)23-29-12-20-25(33-23)34(15(2)16-4-5-16)26(35)24(32-20)28-10-18-8-9-19(36-3)11-27-18/h8-9,11-13,15-17H,4-7,10H2,1-3H3,(H,28,32)/t15-/m0/s1. The van der Waals surface area contributed by atoms with Crippen molar-refractivity contribution >= 4 is 28.7 Å². The van der Waals surface area contributed by atoms with Gasteiger partial charge in [0.15, 0.2) is 17.3 Å². The molecule has 0 radical (unpaired) electrons. The van der Waals surface area contributed by atoms with Crippen LogP contribution in [0, 0.1) is 12.8 Å². The minimum Gasteiger partial charge on any atom is -0.360 e. The predicted molar refractivity (Wildman–Crippen MR) is 140 cm³/mol. The van der Waals surface area contributed by atoms with Crippen LogP contribution in [-0.4, -0.2) is 40.7 Å².